The van der Waals surface area contributed by atoms with Crippen molar-refractivity contribution in [2.75, 3.05) is 12.4 Å². The van der Waals surface area contributed by atoms with E-state index in [1.807, 2.05) is 6.92 Å². The van der Waals surface area contributed by atoms with E-state index in [-0.39, 0.29) is 17.9 Å². The molecule has 150 valence electrons. The average Bonchev–Trinajstić information content (AvgIpc) is 3.02. The zero-order valence-corrected chi connectivity index (χ0v) is 17.7. The fourth-order valence-corrected chi connectivity index (χ4v) is 3.65. The Kier molecular flexibility index (Phi) is 6.35. The van der Waals surface area contributed by atoms with E-state index in [1.54, 1.807) is 36.1 Å². The van der Waals surface area contributed by atoms with Crippen LogP contribution in [0, 0.1) is 6.92 Å². The lowest BCUT2D eigenvalue weighted by Gasteiger charge is -2.32. The minimum Gasteiger partial charge on any atom is -0.497 e. The van der Waals surface area contributed by atoms with Gasteiger partial charge in [-0.3, -0.25) is 14.9 Å². The van der Waals surface area contributed by atoms with Crippen LogP contribution in [-0.2, 0) is 4.79 Å². The maximum Gasteiger partial charge on any atom is 0.258 e. The zero-order chi connectivity index (χ0) is 20.3. The monoisotopic (exact) mass is 449 g/mol. The highest BCUT2D eigenvalue weighted by Gasteiger charge is 2.28. The number of nitrogens with zero attached hydrogens (tertiary/aromatic N) is 2. The number of aromatic nitrogens is 2. The predicted molar refractivity (Wildman–Crippen MR) is 109 cm³/mol. The van der Waals surface area contributed by atoms with E-state index < -0.39 is 6.29 Å². The third-order valence-corrected chi connectivity index (χ3v) is 5.21. The van der Waals surface area contributed by atoms with Crippen LogP contribution in [0.25, 0.3) is 0 Å². The van der Waals surface area contributed by atoms with E-state index in [0.717, 1.165) is 18.5 Å². The van der Waals surface area contributed by atoms with Gasteiger partial charge in [0.1, 0.15) is 11.6 Å². The fourth-order valence-electron chi connectivity index (χ4n) is 3.22. The van der Waals surface area contributed by atoms with Gasteiger partial charge in [0, 0.05) is 23.0 Å². The number of carbonyl (C=O) groups excluding carboxylic acids is 2. The second-order valence-electron chi connectivity index (χ2n) is 6.74. The summed E-state index contributed by atoms with van der Waals surface area (Å²) in [5.41, 5.74) is 1.17. The van der Waals surface area contributed by atoms with Gasteiger partial charge in [-0.05, 0) is 47.5 Å². The number of benzene rings is 1. The molecule has 2 atom stereocenters. The molecule has 9 heteroatoms. The van der Waals surface area contributed by atoms with Crippen molar-refractivity contribution in [3.05, 3.63) is 40.0 Å². The average molecular weight is 450 g/mol. The van der Waals surface area contributed by atoms with Crippen LogP contribution in [0.4, 0.5) is 5.82 Å². The van der Waals surface area contributed by atoms with Gasteiger partial charge in [0.15, 0.2) is 6.29 Å². The molecule has 3 N–H and O–H groups in total. The maximum absolute atomic E-state index is 12.8. The number of halogens is 1. The van der Waals surface area contributed by atoms with Gasteiger partial charge in [0.25, 0.3) is 5.91 Å². The number of nitrogens with one attached hydrogen (secondary N) is 3. The van der Waals surface area contributed by atoms with Crippen LogP contribution in [0.2, 0.25) is 0 Å². The first-order valence-electron chi connectivity index (χ1n) is 9.17. The molecule has 2 heterocycles. The van der Waals surface area contributed by atoms with E-state index >= 15 is 0 Å². The Hall–Kier alpha value is -2.39. The van der Waals surface area contributed by atoms with Crippen molar-refractivity contribution in [1.82, 2.24) is 20.4 Å². The number of anilines is 1. The molecule has 1 aliphatic rings. The lowest BCUT2D eigenvalue weighted by atomic mass is 10.1. The molecule has 2 amide bonds. The van der Waals surface area contributed by atoms with Crippen molar-refractivity contribution in [2.24, 2.45) is 0 Å². The summed E-state index contributed by atoms with van der Waals surface area (Å²) < 4.78 is 7.46. The molecule has 0 spiro atoms. The molecular formula is C19H24BrN5O3. The van der Waals surface area contributed by atoms with Gasteiger partial charge < -0.3 is 15.4 Å². The Morgan fingerprint density at radius 1 is 1.43 bits per heavy atom. The van der Waals surface area contributed by atoms with Gasteiger partial charge in [-0.2, -0.15) is 5.10 Å². The van der Waals surface area contributed by atoms with E-state index in [9.17, 15) is 9.59 Å². The van der Waals surface area contributed by atoms with Crippen LogP contribution < -0.4 is 20.7 Å². The molecule has 1 fully saturated rings. The number of rotatable bonds is 6. The maximum atomic E-state index is 12.8. The third-order valence-electron chi connectivity index (χ3n) is 4.52. The quantitative estimate of drug-likeness (QED) is 0.629. The van der Waals surface area contributed by atoms with Gasteiger partial charge in [-0.25, -0.2) is 4.68 Å². The highest BCUT2D eigenvalue weighted by atomic mass is 79.9. The molecule has 1 aromatic heterocycles. The van der Waals surface area contributed by atoms with Crippen LogP contribution in [0.15, 0.2) is 28.7 Å². The van der Waals surface area contributed by atoms with Gasteiger partial charge in [0.2, 0.25) is 5.91 Å². The normalized spacial score (nSPS) is 19.2. The number of ether oxygens (including phenoxy) is 1. The molecule has 28 heavy (non-hydrogen) atoms. The molecular weight excluding hydrogens is 426 g/mol. The summed E-state index contributed by atoms with van der Waals surface area (Å²) in [6, 6.07) is 7.03. The number of hydrogen-bond acceptors (Lipinski definition) is 5. The van der Waals surface area contributed by atoms with Gasteiger partial charge in [-0.1, -0.05) is 13.3 Å². The van der Waals surface area contributed by atoms with Gasteiger partial charge in [0.05, 0.1) is 18.4 Å². The molecule has 0 bridgehead atoms. The Balaban J connectivity index is 1.84. The molecule has 8 nitrogen and oxygen atoms in total. The van der Waals surface area contributed by atoms with Crippen molar-refractivity contribution in [3.8, 4) is 5.75 Å². The minimum absolute atomic E-state index is 0.0387. The molecule has 1 aliphatic heterocycles. The van der Waals surface area contributed by atoms with E-state index in [0.29, 0.717) is 28.0 Å². The second kappa shape index (κ2) is 8.74. The molecule has 1 aromatic carbocycles. The van der Waals surface area contributed by atoms with Crippen molar-refractivity contribution in [1.29, 1.82) is 0 Å². The van der Waals surface area contributed by atoms with E-state index in [1.165, 1.54) is 0 Å². The van der Waals surface area contributed by atoms with Crippen molar-refractivity contribution in [2.45, 2.75) is 45.4 Å². The number of methoxy groups -OCH3 is 1. The summed E-state index contributed by atoms with van der Waals surface area (Å²) in [6.07, 6.45) is 1.78. The summed E-state index contributed by atoms with van der Waals surface area (Å²) in [6.45, 7) is 3.92. The van der Waals surface area contributed by atoms with Crippen LogP contribution in [0.3, 0.4) is 0 Å². The second-order valence-corrected chi connectivity index (χ2v) is 7.60. The van der Waals surface area contributed by atoms with Crippen molar-refractivity contribution >= 4 is 33.6 Å². The van der Waals surface area contributed by atoms with Crippen LogP contribution in [0.1, 0.15) is 48.5 Å². The number of carbonyl (C=O) groups is 2. The Bertz CT molecular complexity index is 882. The van der Waals surface area contributed by atoms with Crippen molar-refractivity contribution in [3.63, 3.8) is 0 Å². The zero-order valence-electron chi connectivity index (χ0n) is 16.1. The van der Waals surface area contributed by atoms with Gasteiger partial charge in [-0.15, -0.1) is 0 Å². The lowest BCUT2D eigenvalue weighted by molar-refractivity contribution is -0.125. The molecule has 3 rings (SSSR count). The summed E-state index contributed by atoms with van der Waals surface area (Å²) in [7, 11) is 1.55. The number of amides is 2. The van der Waals surface area contributed by atoms with Crippen LogP contribution in [0.5, 0.6) is 5.75 Å². The summed E-state index contributed by atoms with van der Waals surface area (Å²) in [5.74, 6) is 0.733. The SMILES string of the molecule is CCCC1CC(=O)NC(n2nc(C)cc2NC(=O)c2cc(OC)ccc2Br)N1. The molecule has 0 aliphatic carbocycles. The largest absolute Gasteiger partial charge is 0.497 e. The van der Waals surface area contributed by atoms with Crippen LogP contribution >= 0.6 is 15.9 Å². The topological polar surface area (TPSA) is 97.3 Å². The molecule has 2 aromatic rings. The van der Waals surface area contributed by atoms with E-state index in [4.69, 9.17) is 4.74 Å². The highest BCUT2D eigenvalue weighted by Crippen LogP contribution is 2.25. The van der Waals surface area contributed by atoms with Crippen LogP contribution in [-0.4, -0.2) is 34.7 Å². The minimum atomic E-state index is -0.518. The number of aryl methyl sites for hydroxylation is 1. The first-order chi connectivity index (χ1) is 13.4. The summed E-state index contributed by atoms with van der Waals surface area (Å²) in [4.78, 5) is 24.9. The third kappa shape index (κ3) is 4.53. The number of hydrogen-bond donors (Lipinski definition) is 3. The lowest BCUT2D eigenvalue weighted by Crippen LogP contribution is -2.53. The Morgan fingerprint density at radius 3 is 2.93 bits per heavy atom. The Labute approximate surface area is 172 Å². The summed E-state index contributed by atoms with van der Waals surface area (Å²) in [5, 5.41) is 13.6. The molecule has 0 radical (unpaired) electrons. The standard InChI is InChI=1S/C19H24BrN5O3/c1-4-5-12-9-17(26)23-19(21-12)25-16(8-11(2)24-25)22-18(27)14-10-13(28-3)6-7-15(14)20/h6-8,10,12,19,21H,4-5,9H2,1-3H3,(H,22,27)(H,23,26). The molecule has 2 unspecified atom stereocenters. The molecule has 1 saturated heterocycles. The first-order valence-corrected chi connectivity index (χ1v) is 9.97. The molecule has 0 saturated carbocycles. The van der Waals surface area contributed by atoms with Crippen molar-refractivity contribution < 1.29 is 14.3 Å². The fraction of sp³-hybridized carbons (Fsp3) is 0.421. The van der Waals surface area contributed by atoms with E-state index in [2.05, 4.69) is 43.9 Å². The van der Waals surface area contributed by atoms with Gasteiger partial charge >= 0.3 is 0 Å². The predicted octanol–water partition coefficient (Wildman–Crippen LogP) is 2.95. The first kappa shape index (κ1) is 20.3. The Morgan fingerprint density at radius 2 is 2.21 bits per heavy atom. The summed E-state index contributed by atoms with van der Waals surface area (Å²) >= 11 is 3.40. The highest BCUT2D eigenvalue weighted by molar-refractivity contribution is 9.10. The smallest absolute Gasteiger partial charge is 0.258 e.